The van der Waals surface area contributed by atoms with Gasteiger partial charge in [-0.2, -0.15) is 0 Å². The Morgan fingerprint density at radius 1 is 1.31 bits per heavy atom. The molecule has 0 aromatic carbocycles. The van der Waals surface area contributed by atoms with E-state index in [-0.39, 0.29) is 5.75 Å². The largest absolute Gasteiger partial charge is 0.294 e. The SMILES string of the molecule is CCN(CC)S(=O)(=O)CC(C)(C)C(=O)NN. The van der Waals surface area contributed by atoms with Crippen molar-refractivity contribution >= 4 is 15.9 Å². The highest BCUT2D eigenvalue weighted by molar-refractivity contribution is 7.89. The van der Waals surface area contributed by atoms with Crippen LogP contribution >= 0.6 is 0 Å². The Morgan fingerprint density at radius 2 is 1.75 bits per heavy atom. The molecule has 0 aromatic heterocycles. The van der Waals surface area contributed by atoms with Gasteiger partial charge in [-0.05, 0) is 13.8 Å². The van der Waals surface area contributed by atoms with Crippen molar-refractivity contribution in [1.29, 1.82) is 0 Å². The maximum Gasteiger partial charge on any atom is 0.240 e. The van der Waals surface area contributed by atoms with Crippen LogP contribution in [0.4, 0.5) is 0 Å². The maximum absolute atomic E-state index is 11.9. The molecule has 0 spiro atoms. The fraction of sp³-hybridized carbons (Fsp3) is 0.889. The summed E-state index contributed by atoms with van der Waals surface area (Å²) in [4.78, 5) is 11.4. The number of hydrogen-bond acceptors (Lipinski definition) is 4. The van der Waals surface area contributed by atoms with Crippen LogP contribution in [0.3, 0.4) is 0 Å². The average Bonchev–Trinajstić information content (AvgIpc) is 2.16. The second-order valence-electron chi connectivity index (χ2n) is 4.20. The summed E-state index contributed by atoms with van der Waals surface area (Å²) in [6.45, 7) is 7.43. The molecule has 0 heterocycles. The van der Waals surface area contributed by atoms with Gasteiger partial charge in [0.1, 0.15) is 0 Å². The molecule has 0 aliphatic heterocycles. The minimum Gasteiger partial charge on any atom is -0.294 e. The van der Waals surface area contributed by atoms with E-state index in [0.717, 1.165) is 0 Å². The quantitative estimate of drug-likeness (QED) is 0.384. The first-order chi connectivity index (χ1) is 7.21. The number of sulfonamides is 1. The number of nitrogens with one attached hydrogen (secondary N) is 1. The van der Waals surface area contributed by atoms with Gasteiger partial charge in [0.2, 0.25) is 15.9 Å². The summed E-state index contributed by atoms with van der Waals surface area (Å²) in [5, 5.41) is 0. The van der Waals surface area contributed by atoms with Gasteiger partial charge in [-0.25, -0.2) is 18.6 Å². The Labute approximate surface area is 97.2 Å². The number of amides is 1. The van der Waals surface area contributed by atoms with E-state index in [2.05, 4.69) is 0 Å². The molecule has 6 nitrogen and oxygen atoms in total. The van der Waals surface area contributed by atoms with Crippen LogP contribution in [0.1, 0.15) is 27.7 Å². The van der Waals surface area contributed by atoms with Gasteiger partial charge in [0.05, 0.1) is 11.2 Å². The number of nitrogens with two attached hydrogens (primary N) is 1. The molecule has 0 aliphatic carbocycles. The summed E-state index contributed by atoms with van der Waals surface area (Å²) in [7, 11) is -3.42. The average molecular weight is 251 g/mol. The Hall–Kier alpha value is -0.660. The van der Waals surface area contributed by atoms with Crippen LogP contribution in [-0.2, 0) is 14.8 Å². The molecule has 0 fully saturated rings. The van der Waals surface area contributed by atoms with E-state index in [1.807, 2.05) is 5.43 Å². The summed E-state index contributed by atoms with van der Waals surface area (Å²) in [5.41, 5.74) is 0.949. The lowest BCUT2D eigenvalue weighted by atomic mass is 9.96. The second-order valence-corrected chi connectivity index (χ2v) is 6.17. The fourth-order valence-corrected chi connectivity index (χ4v) is 3.44. The normalized spacial score (nSPS) is 12.9. The highest BCUT2D eigenvalue weighted by atomic mass is 32.2. The van der Waals surface area contributed by atoms with Crippen LogP contribution in [-0.4, -0.2) is 37.5 Å². The highest BCUT2D eigenvalue weighted by Crippen LogP contribution is 2.19. The van der Waals surface area contributed by atoms with Gasteiger partial charge in [-0.15, -0.1) is 0 Å². The zero-order valence-electron chi connectivity index (χ0n) is 10.3. The van der Waals surface area contributed by atoms with Gasteiger partial charge in [-0.1, -0.05) is 13.8 Å². The van der Waals surface area contributed by atoms with Crippen LogP contribution in [0.5, 0.6) is 0 Å². The van der Waals surface area contributed by atoms with Gasteiger partial charge in [0.25, 0.3) is 0 Å². The van der Waals surface area contributed by atoms with E-state index in [1.54, 1.807) is 27.7 Å². The summed E-state index contributed by atoms with van der Waals surface area (Å²) >= 11 is 0. The molecule has 0 unspecified atom stereocenters. The predicted molar refractivity (Wildman–Crippen MR) is 62.8 cm³/mol. The third-order valence-corrected chi connectivity index (χ3v) is 4.78. The number of rotatable bonds is 6. The number of hydrazine groups is 1. The molecule has 0 atom stereocenters. The van der Waals surface area contributed by atoms with Crippen molar-refractivity contribution in [2.45, 2.75) is 27.7 Å². The van der Waals surface area contributed by atoms with Gasteiger partial charge >= 0.3 is 0 Å². The van der Waals surface area contributed by atoms with Crippen LogP contribution < -0.4 is 11.3 Å². The molecule has 1 amide bonds. The first-order valence-corrected chi connectivity index (χ1v) is 6.81. The Morgan fingerprint density at radius 3 is 2.06 bits per heavy atom. The van der Waals surface area contributed by atoms with Crippen LogP contribution in [0.25, 0.3) is 0 Å². The minimum atomic E-state index is -3.42. The smallest absolute Gasteiger partial charge is 0.240 e. The summed E-state index contributed by atoms with van der Waals surface area (Å²) in [6, 6.07) is 0. The lowest BCUT2D eigenvalue weighted by molar-refractivity contribution is -0.128. The Bertz CT molecular complexity index is 334. The lowest BCUT2D eigenvalue weighted by Gasteiger charge is -2.26. The molecule has 96 valence electrons. The molecule has 0 saturated heterocycles. The van der Waals surface area contributed by atoms with Crippen molar-refractivity contribution < 1.29 is 13.2 Å². The summed E-state index contributed by atoms with van der Waals surface area (Å²) < 4.78 is 25.2. The molecule has 0 bridgehead atoms. The summed E-state index contributed by atoms with van der Waals surface area (Å²) in [5.74, 6) is 4.28. The summed E-state index contributed by atoms with van der Waals surface area (Å²) in [6.07, 6.45) is 0. The van der Waals surface area contributed by atoms with E-state index in [4.69, 9.17) is 5.84 Å². The van der Waals surface area contributed by atoms with Crippen molar-refractivity contribution in [2.24, 2.45) is 11.3 Å². The van der Waals surface area contributed by atoms with Gasteiger partial charge in [-0.3, -0.25) is 10.2 Å². The van der Waals surface area contributed by atoms with E-state index in [9.17, 15) is 13.2 Å². The number of carbonyl (C=O) groups is 1. The van der Waals surface area contributed by atoms with E-state index < -0.39 is 21.3 Å². The van der Waals surface area contributed by atoms with Crippen molar-refractivity contribution in [3.05, 3.63) is 0 Å². The Kier molecular flexibility index (Phi) is 5.37. The number of nitrogens with zero attached hydrogens (tertiary/aromatic N) is 1. The standard InChI is InChI=1S/C9H21N3O3S/c1-5-12(6-2)16(14,15)7-9(3,4)8(13)11-10/h5-7,10H2,1-4H3,(H,11,13). The van der Waals surface area contributed by atoms with Gasteiger partial charge < -0.3 is 0 Å². The van der Waals surface area contributed by atoms with Crippen LogP contribution in [0.2, 0.25) is 0 Å². The monoisotopic (exact) mass is 251 g/mol. The predicted octanol–water partition coefficient (Wildman–Crippen LogP) is -0.326. The zero-order chi connectivity index (χ0) is 13.0. The number of carbonyl (C=O) groups excluding carboxylic acids is 1. The third-order valence-electron chi connectivity index (χ3n) is 2.39. The van der Waals surface area contributed by atoms with Crippen molar-refractivity contribution in [2.75, 3.05) is 18.8 Å². The van der Waals surface area contributed by atoms with Crippen LogP contribution in [0.15, 0.2) is 0 Å². The minimum absolute atomic E-state index is 0.245. The van der Waals surface area contributed by atoms with E-state index in [1.165, 1.54) is 4.31 Å². The van der Waals surface area contributed by atoms with Crippen molar-refractivity contribution in [3.63, 3.8) is 0 Å². The highest BCUT2D eigenvalue weighted by Gasteiger charge is 2.35. The topological polar surface area (TPSA) is 92.5 Å². The molecule has 16 heavy (non-hydrogen) atoms. The van der Waals surface area contributed by atoms with E-state index >= 15 is 0 Å². The molecule has 0 aromatic rings. The Balaban J connectivity index is 4.90. The molecule has 0 radical (unpaired) electrons. The lowest BCUT2D eigenvalue weighted by Crippen LogP contribution is -2.47. The molecular weight excluding hydrogens is 230 g/mol. The van der Waals surface area contributed by atoms with Gasteiger partial charge in [0.15, 0.2) is 0 Å². The first-order valence-electron chi connectivity index (χ1n) is 5.20. The van der Waals surface area contributed by atoms with Gasteiger partial charge in [0, 0.05) is 13.1 Å². The van der Waals surface area contributed by atoms with Crippen molar-refractivity contribution in [3.8, 4) is 0 Å². The van der Waals surface area contributed by atoms with Crippen LogP contribution in [0, 0.1) is 5.41 Å². The zero-order valence-corrected chi connectivity index (χ0v) is 11.1. The molecule has 0 aliphatic rings. The third kappa shape index (κ3) is 3.73. The maximum atomic E-state index is 11.9. The molecule has 3 N–H and O–H groups in total. The fourth-order valence-electron chi connectivity index (χ4n) is 1.43. The van der Waals surface area contributed by atoms with E-state index in [0.29, 0.717) is 13.1 Å². The molecular formula is C9H21N3O3S. The molecule has 0 saturated carbocycles. The molecule has 0 rings (SSSR count). The first kappa shape index (κ1) is 15.3. The second kappa shape index (κ2) is 5.60. The number of hydrogen-bond donors (Lipinski definition) is 2. The van der Waals surface area contributed by atoms with Crippen molar-refractivity contribution in [1.82, 2.24) is 9.73 Å². The molecule has 7 heteroatoms.